The zero-order valence-electron chi connectivity index (χ0n) is 21.1. The highest BCUT2D eigenvalue weighted by molar-refractivity contribution is 6.44. The van der Waals surface area contributed by atoms with Gasteiger partial charge in [-0.05, 0) is 25.5 Å². The number of halogens is 4. The molecule has 0 radical (unpaired) electrons. The highest BCUT2D eigenvalue weighted by atomic mass is 35.5. The van der Waals surface area contributed by atoms with Gasteiger partial charge in [0.25, 0.3) is 0 Å². The number of methoxy groups -OCH3 is 1. The Morgan fingerprint density at radius 2 is 1.37 bits per heavy atom. The number of carboxylic acids is 1. The fraction of sp³-hybridized carbons (Fsp3) is 0.120. The first-order valence-electron chi connectivity index (χ1n) is 11.0. The average molecular weight is 638 g/mol. The minimum Gasteiger partial charge on any atom is -0.476 e. The Labute approximate surface area is 251 Å². The molecule has 0 unspecified atom stereocenters. The molecule has 0 saturated carbocycles. The van der Waals surface area contributed by atoms with E-state index in [1.54, 1.807) is 6.92 Å². The van der Waals surface area contributed by atoms with Gasteiger partial charge in [0.05, 0.1) is 39.1 Å². The molecule has 0 aliphatic rings. The molecule has 1 N–H and O–H groups in total. The SMILES string of the molecule is COC(=O)c1nc(C(=O)c2nccnc2C)cc(Cl)c1Cl.Cc1c(C(=O)c2cnccn2)nc(C(=O)O)c(Cl)c1Cl. The van der Waals surface area contributed by atoms with E-state index in [2.05, 4.69) is 34.6 Å². The summed E-state index contributed by atoms with van der Waals surface area (Å²) >= 11 is 23.6. The predicted molar refractivity (Wildman–Crippen MR) is 147 cm³/mol. The quantitative estimate of drug-likeness (QED) is 0.223. The molecule has 0 bridgehead atoms. The van der Waals surface area contributed by atoms with Crippen LogP contribution in [0.15, 0.2) is 37.1 Å². The van der Waals surface area contributed by atoms with Crippen molar-refractivity contribution in [3.63, 3.8) is 0 Å². The molecule has 4 aromatic heterocycles. The van der Waals surface area contributed by atoms with Crippen LogP contribution in [0, 0.1) is 13.8 Å². The van der Waals surface area contributed by atoms with Crippen LogP contribution in [-0.2, 0) is 4.74 Å². The van der Waals surface area contributed by atoms with Gasteiger partial charge in [-0.25, -0.2) is 29.5 Å². The maximum atomic E-state index is 12.4. The second kappa shape index (κ2) is 13.5. The third-order valence-corrected chi connectivity index (χ3v) is 6.86. The summed E-state index contributed by atoms with van der Waals surface area (Å²) in [5.74, 6) is -3.24. The van der Waals surface area contributed by atoms with E-state index in [4.69, 9.17) is 51.5 Å². The van der Waals surface area contributed by atoms with Gasteiger partial charge < -0.3 is 9.84 Å². The highest BCUT2D eigenvalue weighted by Gasteiger charge is 2.25. The van der Waals surface area contributed by atoms with Crippen molar-refractivity contribution in [2.75, 3.05) is 7.11 Å². The first kappa shape index (κ1) is 31.4. The van der Waals surface area contributed by atoms with Crippen LogP contribution < -0.4 is 0 Å². The molecule has 4 aromatic rings. The lowest BCUT2D eigenvalue weighted by Gasteiger charge is -2.09. The van der Waals surface area contributed by atoms with E-state index in [1.165, 1.54) is 51.1 Å². The Bertz CT molecular complexity index is 1690. The topological polar surface area (TPSA) is 175 Å². The molecule has 0 aromatic carbocycles. The number of pyridine rings is 2. The summed E-state index contributed by atoms with van der Waals surface area (Å²) in [7, 11) is 1.18. The largest absolute Gasteiger partial charge is 0.476 e. The van der Waals surface area contributed by atoms with Crippen LogP contribution in [0.4, 0.5) is 0 Å². The van der Waals surface area contributed by atoms with Crippen molar-refractivity contribution in [3.8, 4) is 0 Å². The Kier molecular flexibility index (Phi) is 10.4. The van der Waals surface area contributed by atoms with Crippen LogP contribution in [0.5, 0.6) is 0 Å². The van der Waals surface area contributed by atoms with Crippen molar-refractivity contribution in [1.82, 2.24) is 29.9 Å². The molecule has 0 fully saturated rings. The van der Waals surface area contributed by atoms with Crippen LogP contribution in [0.2, 0.25) is 20.1 Å². The minimum absolute atomic E-state index is 0.0219. The van der Waals surface area contributed by atoms with Crippen LogP contribution in [-0.4, -0.2) is 65.6 Å². The number of rotatable bonds is 6. The predicted octanol–water partition coefficient (Wildman–Crippen LogP) is 4.92. The zero-order chi connectivity index (χ0) is 30.4. The number of carbonyl (C=O) groups is 4. The van der Waals surface area contributed by atoms with Gasteiger partial charge in [0.2, 0.25) is 11.6 Å². The molecule has 0 amide bonds. The highest BCUT2D eigenvalue weighted by Crippen LogP contribution is 2.31. The fourth-order valence-corrected chi connectivity index (χ4v) is 3.93. The second-order valence-electron chi connectivity index (χ2n) is 7.75. The average Bonchev–Trinajstić information content (AvgIpc) is 2.97. The first-order valence-corrected chi connectivity index (χ1v) is 12.6. The summed E-state index contributed by atoms with van der Waals surface area (Å²) in [5, 5.41) is 8.74. The van der Waals surface area contributed by atoms with Crippen molar-refractivity contribution >= 4 is 69.9 Å². The number of nitrogens with zero attached hydrogens (tertiary/aromatic N) is 6. The minimum atomic E-state index is -1.37. The summed E-state index contributed by atoms with van der Waals surface area (Å²) in [6.07, 6.45) is 6.87. The van der Waals surface area contributed by atoms with E-state index < -0.39 is 29.2 Å². The summed E-state index contributed by atoms with van der Waals surface area (Å²) < 4.78 is 4.55. The Morgan fingerprint density at radius 1 is 0.732 bits per heavy atom. The van der Waals surface area contributed by atoms with Crippen LogP contribution in [0.25, 0.3) is 0 Å². The Hall–Kier alpha value is -4.10. The normalized spacial score (nSPS) is 10.3. The molecule has 0 aliphatic heterocycles. The molecule has 4 rings (SSSR count). The lowest BCUT2D eigenvalue weighted by atomic mass is 10.1. The Balaban J connectivity index is 0.000000226. The van der Waals surface area contributed by atoms with Gasteiger partial charge in [-0.15, -0.1) is 0 Å². The number of hydrogen-bond acceptors (Lipinski definition) is 11. The molecular formula is C25H16Cl4N6O6. The standard InChI is InChI=1S/C13H9Cl2N3O3.C12H7Cl2N3O3/c1-6-10(17-4-3-16-6)12(19)8-5-7(14)9(15)11(18-8)13(20)21-2;1-5-7(13)8(14)10(12(19)20)17-9(5)11(18)6-4-15-2-3-16-6/h3-5H,1-2H3;2-4H,1H3,(H,19,20). The van der Waals surface area contributed by atoms with Crippen molar-refractivity contribution in [2.45, 2.75) is 13.8 Å². The van der Waals surface area contributed by atoms with E-state index in [-0.39, 0.29) is 54.1 Å². The van der Waals surface area contributed by atoms with E-state index in [0.717, 1.165) is 0 Å². The van der Waals surface area contributed by atoms with Crippen LogP contribution in [0.3, 0.4) is 0 Å². The van der Waals surface area contributed by atoms with E-state index >= 15 is 0 Å². The lowest BCUT2D eigenvalue weighted by molar-refractivity contribution is 0.0593. The zero-order valence-corrected chi connectivity index (χ0v) is 24.2. The molecule has 4 heterocycles. The molecule has 41 heavy (non-hydrogen) atoms. The second-order valence-corrected chi connectivity index (χ2v) is 9.29. The van der Waals surface area contributed by atoms with E-state index in [9.17, 15) is 19.2 Å². The lowest BCUT2D eigenvalue weighted by Crippen LogP contribution is -2.13. The van der Waals surface area contributed by atoms with Crippen molar-refractivity contribution in [3.05, 3.63) is 103 Å². The number of carbonyl (C=O) groups excluding carboxylic acids is 3. The number of carboxylic acid groups (broad SMARTS) is 1. The summed E-state index contributed by atoms with van der Waals surface area (Å²) in [5.41, 5.74) is 0.0149. The molecule has 12 nitrogen and oxygen atoms in total. The molecule has 210 valence electrons. The monoisotopic (exact) mass is 636 g/mol. The van der Waals surface area contributed by atoms with Gasteiger partial charge in [0.15, 0.2) is 11.4 Å². The van der Waals surface area contributed by atoms with Gasteiger partial charge in [-0.1, -0.05) is 46.4 Å². The van der Waals surface area contributed by atoms with Crippen LogP contribution in [0.1, 0.15) is 64.6 Å². The third kappa shape index (κ3) is 6.98. The van der Waals surface area contributed by atoms with E-state index in [0.29, 0.717) is 5.69 Å². The number of hydrogen-bond donors (Lipinski definition) is 1. The van der Waals surface area contributed by atoms with Gasteiger partial charge >= 0.3 is 11.9 Å². The molecule has 0 atom stereocenters. The number of aromatic carboxylic acids is 1. The number of ether oxygens (including phenoxy) is 1. The first-order chi connectivity index (χ1) is 19.4. The maximum absolute atomic E-state index is 12.4. The summed E-state index contributed by atoms with van der Waals surface area (Å²) in [4.78, 5) is 70.5. The maximum Gasteiger partial charge on any atom is 0.358 e. The van der Waals surface area contributed by atoms with E-state index in [1.807, 2.05) is 0 Å². The fourth-order valence-electron chi connectivity index (χ4n) is 3.12. The molecule has 0 aliphatic carbocycles. The van der Waals surface area contributed by atoms with Gasteiger partial charge in [0, 0.05) is 24.8 Å². The molecule has 0 spiro atoms. The van der Waals surface area contributed by atoms with Crippen molar-refractivity contribution in [2.24, 2.45) is 0 Å². The number of esters is 1. The summed E-state index contributed by atoms with van der Waals surface area (Å²) in [6, 6.07) is 1.27. The van der Waals surface area contributed by atoms with Crippen molar-refractivity contribution in [1.29, 1.82) is 0 Å². The molecule has 16 heteroatoms. The molecule has 0 saturated heterocycles. The number of aryl methyl sites for hydroxylation is 1. The Morgan fingerprint density at radius 3 is 1.95 bits per heavy atom. The summed E-state index contributed by atoms with van der Waals surface area (Å²) in [6.45, 7) is 3.16. The third-order valence-electron chi connectivity index (χ3n) is 5.14. The van der Waals surface area contributed by atoms with Gasteiger partial charge in [-0.3, -0.25) is 19.6 Å². The van der Waals surface area contributed by atoms with Gasteiger partial charge in [0.1, 0.15) is 22.8 Å². The van der Waals surface area contributed by atoms with Crippen LogP contribution >= 0.6 is 46.4 Å². The van der Waals surface area contributed by atoms with Gasteiger partial charge in [-0.2, -0.15) is 0 Å². The number of ketones is 2. The van der Waals surface area contributed by atoms with Crippen molar-refractivity contribution < 1.29 is 29.0 Å². The smallest absolute Gasteiger partial charge is 0.358 e. The number of aromatic nitrogens is 6. The molecular weight excluding hydrogens is 622 g/mol.